The first-order chi connectivity index (χ1) is 15.7. The molecule has 180 valence electrons. The zero-order valence-corrected chi connectivity index (χ0v) is 22.0. The summed E-state index contributed by atoms with van der Waals surface area (Å²) in [7, 11) is 2.19. The van der Waals surface area contributed by atoms with Crippen molar-refractivity contribution in [1.29, 1.82) is 0 Å². The molecular weight excluding hydrogens is 529 g/mol. The van der Waals surface area contributed by atoms with Gasteiger partial charge in [-0.3, -0.25) is 4.90 Å². The Hall–Kier alpha value is -2.04. The highest BCUT2D eigenvalue weighted by Crippen LogP contribution is 2.32. The maximum Gasteiger partial charge on any atom is 0.196 e. The van der Waals surface area contributed by atoms with Crippen LogP contribution in [0.3, 0.4) is 0 Å². The number of fused-ring (bicyclic) bond motifs is 1. The fourth-order valence-electron chi connectivity index (χ4n) is 3.87. The number of aliphatic imine (C=N–C) groups is 1. The number of guanidine groups is 1. The zero-order valence-electron chi connectivity index (χ0n) is 19.7. The monoisotopic (exact) mass is 565 g/mol. The molecule has 2 aliphatic heterocycles. The average molecular weight is 566 g/mol. The van der Waals surface area contributed by atoms with Gasteiger partial charge in [0.1, 0.15) is 0 Å². The van der Waals surface area contributed by atoms with Gasteiger partial charge in [0, 0.05) is 57.4 Å². The molecule has 0 spiro atoms. The van der Waals surface area contributed by atoms with Gasteiger partial charge in [-0.05, 0) is 37.2 Å². The summed E-state index contributed by atoms with van der Waals surface area (Å²) < 4.78 is 11.5. The van der Waals surface area contributed by atoms with Crippen LogP contribution < -0.4 is 20.1 Å². The molecule has 33 heavy (non-hydrogen) atoms. The van der Waals surface area contributed by atoms with E-state index in [9.17, 15) is 0 Å². The molecule has 0 unspecified atom stereocenters. The Morgan fingerprint density at radius 3 is 2.36 bits per heavy atom. The predicted molar refractivity (Wildman–Crippen MR) is 145 cm³/mol. The summed E-state index contributed by atoms with van der Waals surface area (Å²) in [6.07, 6.45) is 0.899. The number of nitrogens with zero attached hydrogens (tertiary/aromatic N) is 3. The molecule has 0 radical (unpaired) electrons. The summed E-state index contributed by atoms with van der Waals surface area (Å²) in [4.78, 5) is 9.68. The Morgan fingerprint density at radius 2 is 1.64 bits per heavy atom. The molecule has 7 nitrogen and oxygen atoms in total. The van der Waals surface area contributed by atoms with Gasteiger partial charge >= 0.3 is 0 Å². The molecule has 0 bridgehead atoms. The second-order valence-electron chi connectivity index (χ2n) is 8.43. The van der Waals surface area contributed by atoms with E-state index in [2.05, 4.69) is 58.7 Å². The lowest BCUT2D eigenvalue weighted by Gasteiger charge is -2.32. The van der Waals surface area contributed by atoms with E-state index < -0.39 is 0 Å². The van der Waals surface area contributed by atoms with Crippen molar-refractivity contribution >= 4 is 35.6 Å². The largest absolute Gasteiger partial charge is 0.490 e. The topological polar surface area (TPSA) is 61.4 Å². The maximum atomic E-state index is 5.80. The van der Waals surface area contributed by atoms with Crippen molar-refractivity contribution in [1.82, 2.24) is 15.1 Å². The smallest absolute Gasteiger partial charge is 0.196 e. The SMILES string of the molecule is CCNC(=NCc1ccc(CN2CCN(C)CC2)cc1)Nc1ccc2c(c1)OCCCO2.I. The molecule has 1 saturated heterocycles. The summed E-state index contributed by atoms with van der Waals surface area (Å²) in [5.41, 5.74) is 3.49. The van der Waals surface area contributed by atoms with Crippen molar-refractivity contribution in [2.75, 3.05) is 58.3 Å². The molecule has 2 N–H and O–H groups in total. The van der Waals surface area contributed by atoms with Crippen LogP contribution in [0.5, 0.6) is 11.5 Å². The fourth-order valence-corrected chi connectivity index (χ4v) is 3.87. The van der Waals surface area contributed by atoms with Crippen molar-refractivity contribution in [3.63, 3.8) is 0 Å². The number of hydrogen-bond donors (Lipinski definition) is 2. The van der Waals surface area contributed by atoms with E-state index in [1.807, 2.05) is 18.2 Å². The molecule has 4 rings (SSSR count). The van der Waals surface area contributed by atoms with Crippen LogP contribution in [0.15, 0.2) is 47.5 Å². The minimum atomic E-state index is 0. The van der Waals surface area contributed by atoms with E-state index in [-0.39, 0.29) is 24.0 Å². The van der Waals surface area contributed by atoms with Crippen molar-refractivity contribution in [3.8, 4) is 11.5 Å². The van der Waals surface area contributed by atoms with Gasteiger partial charge in [-0.2, -0.15) is 0 Å². The molecule has 2 heterocycles. The van der Waals surface area contributed by atoms with Crippen molar-refractivity contribution < 1.29 is 9.47 Å². The quantitative estimate of drug-likeness (QED) is 0.316. The molecule has 0 atom stereocenters. The molecule has 0 aromatic heterocycles. The predicted octanol–water partition coefficient (Wildman–Crippen LogP) is 3.79. The van der Waals surface area contributed by atoms with E-state index in [4.69, 9.17) is 14.5 Å². The minimum absolute atomic E-state index is 0. The summed E-state index contributed by atoms with van der Waals surface area (Å²) in [5.74, 6) is 2.33. The lowest BCUT2D eigenvalue weighted by atomic mass is 10.1. The summed E-state index contributed by atoms with van der Waals surface area (Å²) >= 11 is 0. The highest BCUT2D eigenvalue weighted by molar-refractivity contribution is 14.0. The molecular formula is C25H36IN5O2. The Morgan fingerprint density at radius 1 is 0.939 bits per heavy atom. The van der Waals surface area contributed by atoms with Gasteiger partial charge in [0.2, 0.25) is 0 Å². The standard InChI is InChI=1S/C25H35N5O2.HI/c1-3-26-25(28-22-9-10-23-24(17-22)32-16-4-15-31-23)27-18-20-5-7-21(8-6-20)19-30-13-11-29(2)12-14-30;/h5-10,17H,3-4,11-16,18-19H2,1-2H3,(H2,26,27,28);1H. The molecule has 0 saturated carbocycles. The zero-order chi connectivity index (χ0) is 22.2. The highest BCUT2D eigenvalue weighted by Gasteiger charge is 2.14. The van der Waals surface area contributed by atoms with Gasteiger partial charge in [0.15, 0.2) is 17.5 Å². The van der Waals surface area contributed by atoms with E-state index in [0.29, 0.717) is 19.8 Å². The van der Waals surface area contributed by atoms with Crippen LogP contribution in [-0.4, -0.2) is 68.7 Å². The van der Waals surface area contributed by atoms with Crippen LogP contribution in [0.4, 0.5) is 5.69 Å². The van der Waals surface area contributed by atoms with Gasteiger partial charge in [-0.15, -0.1) is 24.0 Å². The summed E-state index contributed by atoms with van der Waals surface area (Å²) in [5, 5.41) is 6.70. The van der Waals surface area contributed by atoms with E-state index in [0.717, 1.165) is 68.8 Å². The third kappa shape index (κ3) is 7.75. The molecule has 8 heteroatoms. The number of piperazine rings is 1. The number of rotatable bonds is 6. The first-order valence-electron chi connectivity index (χ1n) is 11.6. The molecule has 2 aromatic rings. The number of ether oxygens (including phenoxy) is 2. The maximum absolute atomic E-state index is 5.80. The Labute approximate surface area is 214 Å². The first kappa shape index (κ1) is 25.6. The van der Waals surface area contributed by atoms with Crippen LogP contribution in [-0.2, 0) is 13.1 Å². The third-order valence-electron chi connectivity index (χ3n) is 5.80. The van der Waals surface area contributed by atoms with Gasteiger partial charge in [-0.1, -0.05) is 24.3 Å². The number of nitrogens with one attached hydrogen (secondary N) is 2. The number of halogens is 1. The second-order valence-corrected chi connectivity index (χ2v) is 8.43. The fraction of sp³-hybridized carbons (Fsp3) is 0.480. The van der Waals surface area contributed by atoms with E-state index >= 15 is 0 Å². The van der Waals surface area contributed by atoms with Crippen molar-refractivity contribution in [2.24, 2.45) is 4.99 Å². The first-order valence-corrected chi connectivity index (χ1v) is 11.6. The van der Waals surface area contributed by atoms with Crippen LogP contribution >= 0.6 is 24.0 Å². The summed E-state index contributed by atoms with van der Waals surface area (Å²) in [6, 6.07) is 14.7. The number of hydrogen-bond acceptors (Lipinski definition) is 5. The number of benzene rings is 2. The molecule has 0 amide bonds. The van der Waals surface area contributed by atoms with Crippen molar-refractivity contribution in [2.45, 2.75) is 26.4 Å². The molecule has 2 aliphatic rings. The number of likely N-dealkylation sites (N-methyl/N-ethyl adjacent to an activating group) is 1. The van der Waals surface area contributed by atoms with Gasteiger partial charge < -0.3 is 25.0 Å². The lowest BCUT2D eigenvalue weighted by molar-refractivity contribution is 0.148. The molecule has 1 fully saturated rings. The Kier molecular flexibility index (Phi) is 10.1. The highest BCUT2D eigenvalue weighted by atomic mass is 127. The summed E-state index contributed by atoms with van der Waals surface area (Å²) in [6.45, 7) is 10.4. The van der Waals surface area contributed by atoms with E-state index in [1.165, 1.54) is 11.1 Å². The van der Waals surface area contributed by atoms with Crippen LogP contribution in [0.25, 0.3) is 0 Å². The van der Waals surface area contributed by atoms with Gasteiger partial charge in [-0.25, -0.2) is 4.99 Å². The molecule has 2 aromatic carbocycles. The van der Waals surface area contributed by atoms with Crippen molar-refractivity contribution in [3.05, 3.63) is 53.6 Å². The third-order valence-corrected chi connectivity index (χ3v) is 5.80. The van der Waals surface area contributed by atoms with E-state index in [1.54, 1.807) is 0 Å². The average Bonchev–Trinajstić information content (AvgIpc) is 3.05. The Bertz CT molecular complexity index is 898. The van der Waals surface area contributed by atoms with Crippen LogP contribution in [0.1, 0.15) is 24.5 Å². The minimum Gasteiger partial charge on any atom is -0.490 e. The van der Waals surface area contributed by atoms with Crippen LogP contribution in [0.2, 0.25) is 0 Å². The Balaban J connectivity index is 0.00000306. The molecule has 0 aliphatic carbocycles. The number of anilines is 1. The normalized spacial score (nSPS) is 17.1. The second kappa shape index (κ2) is 13.0. The van der Waals surface area contributed by atoms with Gasteiger partial charge in [0.05, 0.1) is 19.8 Å². The lowest BCUT2D eigenvalue weighted by Crippen LogP contribution is -2.43. The van der Waals surface area contributed by atoms with Gasteiger partial charge in [0.25, 0.3) is 0 Å². The van der Waals surface area contributed by atoms with Crippen LogP contribution in [0, 0.1) is 0 Å².